The van der Waals surface area contributed by atoms with Gasteiger partial charge in [0.2, 0.25) is 0 Å². The van der Waals surface area contributed by atoms with Crippen LogP contribution in [0.2, 0.25) is 0 Å². The number of hydrogen-bond donors (Lipinski definition) is 1. The standard InChI is InChI=1S/C13H21NO/c1-4-11-5-7-12(8-6-11)13(9-14)15-10(2)3/h5-8,10,13H,4,9,14H2,1-3H3/t13-/m1/s1. The van der Waals surface area contributed by atoms with E-state index >= 15 is 0 Å². The Hall–Kier alpha value is -0.860. The van der Waals surface area contributed by atoms with Gasteiger partial charge in [0.05, 0.1) is 12.2 Å². The summed E-state index contributed by atoms with van der Waals surface area (Å²) in [5.41, 5.74) is 8.21. The maximum atomic E-state index is 5.73. The SMILES string of the molecule is CCc1ccc([C@@H](CN)OC(C)C)cc1. The summed E-state index contributed by atoms with van der Waals surface area (Å²) in [7, 11) is 0. The fraction of sp³-hybridized carbons (Fsp3) is 0.538. The summed E-state index contributed by atoms with van der Waals surface area (Å²) in [5.74, 6) is 0. The number of nitrogens with two attached hydrogens (primary N) is 1. The minimum Gasteiger partial charge on any atom is -0.370 e. The van der Waals surface area contributed by atoms with E-state index in [1.54, 1.807) is 0 Å². The molecule has 1 aromatic carbocycles. The predicted octanol–water partition coefficient (Wildman–Crippen LogP) is 2.67. The Morgan fingerprint density at radius 2 is 1.80 bits per heavy atom. The molecule has 0 saturated carbocycles. The third kappa shape index (κ3) is 3.65. The van der Waals surface area contributed by atoms with Crippen LogP contribution in [0.1, 0.15) is 38.0 Å². The highest BCUT2D eigenvalue weighted by atomic mass is 16.5. The largest absolute Gasteiger partial charge is 0.370 e. The molecule has 0 aliphatic carbocycles. The maximum Gasteiger partial charge on any atom is 0.0950 e. The van der Waals surface area contributed by atoms with E-state index in [-0.39, 0.29) is 12.2 Å². The quantitative estimate of drug-likeness (QED) is 0.805. The Balaban J connectivity index is 2.74. The Morgan fingerprint density at radius 3 is 2.20 bits per heavy atom. The van der Waals surface area contributed by atoms with E-state index < -0.39 is 0 Å². The van der Waals surface area contributed by atoms with Gasteiger partial charge in [-0.15, -0.1) is 0 Å². The van der Waals surface area contributed by atoms with Crippen molar-refractivity contribution < 1.29 is 4.74 Å². The lowest BCUT2D eigenvalue weighted by Gasteiger charge is -2.19. The first-order valence-corrected chi connectivity index (χ1v) is 5.61. The van der Waals surface area contributed by atoms with Crippen molar-refractivity contribution in [3.63, 3.8) is 0 Å². The van der Waals surface area contributed by atoms with Crippen LogP contribution in [0.5, 0.6) is 0 Å². The monoisotopic (exact) mass is 207 g/mol. The summed E-state index contributed by atoms with van der Waals surface area (Å²) in [6.45, 7) is 6.75. The summed E-state index contributed by atoms with van der Waals surface area (Å²) in [4.78, 5) is 0. The molecule has 0 spiro atoms. The highest BCUT2D eigenvalue weighted by molar-refractivity contribution is 5.24. The molecule has 0 heterocycles. The van der Waals surface area contributed by atoms with E-state index in [2.05, 4.69) is 31.2 Å². The lowest BCUT2D eigenvalue weighted by atomic mass is 10.1. The molecule has 84 valence electrons. The van der Waals surface area contributed by atoms with E-state index in [1.807, 2.05) is 13.8 Å². The van der Waals surface area contributed by atoms with Gasteiger partial charge in [-0.25, -0.2) is 0 Å². The zero-order valence-electron chi connectivity index (χ0n) is 9.86. The molecule has 1 rings (SSSR count). The van der Waals surface area contributed by atoms with Crippen LogP contribution in [0, 0.1) is 0 Å². The zero-order valence-corrected chi connectivity index (χ0v) is 9.86. The number of rotatable bonds is 5. The van der Waals surface area contributed by atoms with Crippen LogP contribution in [0.3, 0.4) is 0 Å². The molecular weight excluding hydrogens is 186 g/mol. The van der Waals surface area contributed by atoms with Gasteiger partial charge in [-0.3, -0.25) is 0 Å². The molecule has 15 heavy (non-hydrogen) atoms. The summed E-state index contributed by atoms with van der Waals surface area (Å²) < 4.78 is 5.73. The van der Waals surface area contributed by atoms with Crippen LogP contribution in [0.25, 0.3) is 0 Å². The second kappa shape index (κ2) is 5.89. The molecule has 0 aliphatic rings. The Morgan fingerprint density at radius 1 is 1.20 bits per heavy atom. The lowest BCUT2D eigenvalue weighted by molar-refractivity contribution is 0.0119. The molecule has 0 unspecified atom stereocenters. The fourth-order valence-electron chi connectivity index (χ4n) is 1.57. The molecule has 0 radical (unpaired) electrons. The van der Waals surface area contributed by atoms with Gasteiger partial charge >= 0.3 is 0 Å². The third-order valence-corrected chi connectivity index (χ3v) is 2.41. The summed E-state index contributed by atoms with van der Waals surface area (Å²) in [6, 6.07) is 8.50. The first-order valence-electron chi connectivity index (χ1n) is 5.61. The minimum atomic E-state index is 0.0240. The molecule has 1 atom stereocenters. The second-order valence-corrected chi connectivity index (χ2v) is 4.00. The first-order chi connectivity index (χ1) is 7.17. The summed E-state index contributed by atoms with van der Waals surface area (Å²) >= 11 is 0. The smallest absolute Gasteiger partial charge is 0.0950 e. The van der Waals surface area contributed by atoms with Crippen LogP contribution in [-0.4, -0.2) is 12.6 Å². The number of aryl methyl sites for hydroxylation is 1. The second-order valence-electron chi connectivity index (χ2n) is 4.00. The van der Waals surface area contributed by atoms with E-state index in [4.69, 9.17) is 10.5 Å². The van der Waals surface area contributed by atoms with Gasteiger partial charge in [0.25, 0.3) is 0 Å². The van der Waals surface area contributed by atoms with Gasteiger partial charge in [-0.05, 0) is 31.4 Å². The third-order valence-electron chi connectivity index (χ3n) is 2.41. The van der Waals surface area contributed by atoms with Crippen LogP contribution in [-0.2, 0) is 11.2 Å². The Bertz CT molecular complexity index is 279. The molecule has 2 N–H and O–H groups in total. The van der Waals surface area contributed by atoms with Gasteiger partial charge in [0, 0.05) is 6.54 Å². The minimum absolute atomic E-state index is 0.0240. The van der Waals surface area contributed by atoms with Gasteiger partial charge in [-0.2, -0.15) is 0 Å². The number of benzene rings is 1. The Kier molecular flexibility index (Phi) is 4.79. The van der Waals surface area contributed by atoms with Crippen molar-refractivity contribution in [2.75, 3.05) is 6.54 Å². The van der Waals surface area contributed by atoms with E-state index in [0.717, 1.165) is 6.42 Å². The van der Waals surface area contributed by atoms with Gasteiger partial charge in [0.1, 0.15) is 0 Å². The van der Waals surface area contributed by atoms with E-state index in [9.17, 15) is 0 Å². The molecule has 0 bridgehead atoms. The molecule has 0 saturated heterocycles. The van der Waals surface area contributed by atoms with Gasteiger partial charge < -0.3 is 10.5 Å². The van der Waals surface area contributed by atoms with Crippen molar-refractivity contribution in [1.82, 2.24) is 0 Å². The maximum absolute atomic E-state index is 5.73. The molecule has 0 amide bonds. The zero-order chi connectivity index (χ0) is 11.3. The highest BCUT2D eigenvalue weighted by Crippen LogP contribution is 2.18. The Labute approximate surface area is 92.4 Å². The predicted molar refractivity (Wildman–Crippen MR) is 63.8 cm³/mol. The van der Waals surface area contributed by atoms with Crippen molar-refractivity contribution in [3.8, 4) is 0 Å². The molecule has 2 heteroatoms. The molecule has 0 fully saturated rings. The molecule has 2 nitrogen and oxygen atoms in total. The van der Waals surface area contributed by atoms with Crippen molar-refractivity contribution in [3.05, 3.63) is 35.4 Å². The van der Waals surface area contributed by atoms with E-state index in [0.29, 0.717) is 6.54 Å². The van der Waals surface area contributed by atoms with Gasteiger partial charge in [-0.1, -0.05) is 31.2 Å². The van der Waals surface area contributed by atoms with Crippen LogP contribution in [0.4, 0.5) is 0 Å². The average molecular weight is 207 g/mol. The van der Waals surface area contributed by atoms with Crippen molar-refractivity contribution in [1.29, 1.82) is 0 Å². The van der Waals surface area contributed by atoms with Crippen molar-refractivity contribution in [2.24, 2.45) is 5.73 Å². The number of hydrogen-bond acceptors (Lipinski definition) is 2. The first kappa shape index (κ1) is 12.2. The molecule has 0 aliphatic heterocycles. The van der Waals surface area contributed by atoms with Crippen molar-refractivity contribution >= 4 is 0 Å². The molecule has 0 aromatic heterocycles. The lowest BCUT2D eigenvalue weighted by Crippen LogP contribution is -2.19. The van der Waals surface area contributed by atoms with Crippen LogP contribution >= 0.6 is 0 Å². The molecule has 1 aromatic rings. The van der Waals surface area contributed by atoms with Gasteiger partial charge in [0.15, 0.2) is 0 Å². The number of ether oxygens (including phenoxy) is 1. The fourth-order valence-corrected chi connectivity index (χ4v) is 1.57. The summed E-state index contributed by atoms with van der Waals surface area (Å²) in [5, 5.41) is 0. The summed E-state index contributed by atoms with van der Waals surface area (Å²) in [6.07, 6.45) is 1.30. The average Bonchev–Trinajstić information content (AvgIpc) is 2.26. The van der Waals surface area contributed by atoms with Crippen molar-refractivity contribution in [2.45, 2.75) is 39.4 Å². The van der Waals surface area contributed by atoms with E-state index in [1.165, 1.54) is 11.1 Å². The normalized spacial score (nSPS) is 13.1. The molecular formula is C13H21NO. The topological polar surface area (TPSA) is 35.2 Å². The van der Waals surface area contributed by atoms with Crippen LogP contribution in [0.15, 0.2) is 24.3 Å². The highest BCUT2D eigenvalue weighted by Gasteiger charge is 2.11. The van der Waals surface area contributed by atoms with Crippen LogP contribution < -0.4 is 5.73 Å².